The van der Waals surface area contributed by atoms with Gasteiger partial charge in [-0.05, 0) is 18.2 Å². The van der Waals surface area contributed by atoms with Gasteiger partial charge in [0.25, 0.3) is 0 Å². The molecule has 1 aromatic carbocycles. The van der Waals surface area contributed by atoms with E-state index in [2.05, 4.69) is 20.6 Å². The molecule has 106 valence electrons. The molecule has 5 nitrogen and oxygen atoms in total. The Hall–Kier alpha value is -2.32. The molecular formula is C15H14ClN5. The SMILES string of the molecule is N#Cc1ccc2nc(CCCl)n(CCn3ccnc3)c2c1. The highest BCUT2D eigenvalue weighted by atomic mass is 35.5. The molecule has 2 heterocycles. The Morgan fingerprint density at radius 3 is 2.90 bits per heavy atom. The van der Waals surface area contributed by atoms with E-state index in [1.165, 1.54) is 0 Å². The molecule has 3 rings (SSSR count). The first-order valence-corrected chi connectivity index (χ1v) is 7.26. The number of rotatable bonds is 5. The fraction of sp³-hybridized carbons (Fsp3) is 0.267. The van der Waals surface area contributed by atoms with Crippen LogP contribution in [0.5, 0.6) is 0 Å². The molecule has 0 amide bonds. The van der Waals surface area contributed by atoms with Crippen LogP contribution < -0.4 is 0 Å². The van der Waals surface area contributed by atoms with Gasteiger partial charge in [-0.1, -0.05) is 0 Å². The summed E-state index contributed by atoms with van der Waals surface area (Å²) in [5.74, 6) is 1.48. The Morgan fingerprint density at radius 2 is 2.19 bits per heavy atom. The highest BCUT2D eigenvalue weighted by molar-refractivity contribution is 6.17. The van der Waals surface area contributed by atoms with Gasteiger partial charge in [0.1, 0.15) is 5.82 Å². The fourth-order valence-electron chi connectivity index (χ4n) is 2.40. The summed E-state index contributed by atoms with van der Waals surface area (Å²) in [5.41, 5.74) is 2.53. The van der Waals surface area contributed by atoms with Crippen molar-refractivity contribution >= 4 is 22.6 Å². The standard InChI is InChI=1S/C15H14ClN5/c16-4-3-15-19-13-2-1-12(10-17)9-14(13)21(15)8-7-20-6-5-18-11-20/h1-2,5-6,9,11H,3-4,7-8H2. The monoisotopic (exact) mass is 299 g/mol. The zero-order valence-corrected chi connectivity index (χ0v) is 12.2. The van der Waals surface area contributed by atoms with E-state index in [0.29, 0.717) is 17.9 Å². The molecule has 0 spiro atoms. The van der Waals surface area contributed by atoms with Crippen molar-refractivity contribution in [1.82, 2.24) is 19.1 Å². The lowest BCUT2D eigenvalue weighted by Gasteiger charge is -2.09. The second-order valence-electron chi connectivity index (χ2n) is 4.73. The molecule has 0 aliphatic carbocycles. The minimum absolute atomic E-state index is 0.527. The van der Waals surface area contributed by atoms with Gasteiger partial charge in [-0.15, -0.1) is 11.6 Å². The molecule has 2 aromatic heterocycles. The molecule has 0 saturated heterocycles. The van der Waals surface area contributed by atoms with Crippen LogP contribution in [0.15, 0.2) is 36.9 Å². The quantitative estimate of drug-likeness (QED) is 0.680. The number of hydrogen-bond acceptors (Lipinski definition) is 3. The van der Waals surface area contributed by atoms with Crippen LogP contribution in [-0.4, -0.2) is 25.0 Å². The highest BCUT2D eigenvalue weighted by Crippen LogP contribution is 2.19. The smallest absolute Gasteiger partial charge is 0.111 e. The Labute approximate surface area is 127 Å². The molecule has 3 aromatic rings. The van der Waals surface area contributed by atoms with Crippen molar-refractivity contribution in [2.24, 2.45) is 0 Å². The van der Waals surface area contributed by atoms with E-state index in [1.807, 2.05) is 22.9 Å². The van der Waals surface area contributed by atoms with Gasteiger partial charge in [-0.3, -0.25) is 0 Å². The molecule has 0 radical (unpaired) electrons. The fourth-order valence-corrected chi connectivity index (χ4v) is 2.57. The number of aromatic nitrogens is 4. The Bertz CT molecular complexity index is 782. The number of fused-ring (bicyclic) bond motifs is 1. The van der Waals surface area contributed by atoms with Crippen LogP contribution in [0, 0.1) is 11.3 Å². The normalized spacial score (nSPS) is 10.9. The van der Waals surface area contributed by atoms with Gasteiger partial charge >= 0.3 is 0 Å². The van der Waals surface area contributed by atoms with E-state index in [0.717, 1.165) is 29.9 Å². The first-order chi connectivity index (χ1) is 10.3. The number of halogens is 1. The van der Waals surface area contributed by atoms with Crippen LogP contribution in [0.25, 0.3) is 11.0 Å². The molecule has 6 heteroatoms. The molecule has 0 saturated carbocycles. The molecule has 21 heavy (non-hydrogen) atoms. The molecule has 0 aliphatic rings. The molecule has 0 atom stereocenters. The minimum Gasteiger partial charge on any atom is -0.336 e. The summed E-state index contributed by atoms with van der Waals surface area (Å²) in [6.07, 6.45) is 6.20. The lowest BCUT2D eigenvalue weighted by molar-refractivity contribution is 0.572. The van der Waals surface area contributed by atoms with Gasteiger partial charge in [-0.25, -0.2) is 9.97 Å². The average molecular weight is 300 g/mol. The van der Waals surface area contributed by atoms with Crippen molar-refractivity contribution in [3.8, 4) is 6.07 Å². The van der Waals surface area contributed by atoms with E-state index in [-0.39, 0.29) is 0 Å². The second kappa shape index (κ2) is 5.98. The maximum atomic E-state index is 9.07. The van der Waals surface area contributed by atoms with Gasteiger partial charge in [0.05, 0.1) is 29.0 Å². The number of hydrogen-bond donors (Lipinski definition) is 0. The zero-order valence-electron chi connectivity index (χ0n) is 11.4. The Balaban J connectivity index is 1.99. The van der Waals surface area contributed by atoms with Crippen molar-refractivity contribution < 1.29 is 0 Å². The lowest BCUT2D eigenvalue weighted by Crippen LogP contribution is -2.10. The largest absolute Gasteiger partial charge is 0.336 e. The second-order valence-corrected chi connectivity index (χ2v) is 5.11. The summed E-state index contributed by atoms with van der Waals surface area (Å²) in [4.78, 5) is 8.67. The van der Waals surface area contributed by atoms with Gasteiger partial charge in [0.2, 0.25) is 0 Å². The van der Waals surface area contributed by atoms with Crippen LogP contribution in [0.4, 0.5) is 0 Å². The molecule has 0 unspecified atom stereocenters. The van der Waals surface area contributed by atoms with Crippen LogP contribution in [0.2, 0.25) is 0 Å². The summed E-state index contributed by atoms with van der Waals surface area (Å²) in [7, 11) is 0. The first kappa shape index (κ1) is 13.7. The predicted molar refractivity (Wildman–Crippen MR) is 81.1 cm³/mol. The van der Waals surface area contributed by atoms with Gasteiger partial charge in [0, 0.05) is 37.8 Å². The zero-order chi connectivity index (χ0) is 14.7. The van der Waals surface area contributed by atoms with Crippen molar-refractivity contribution in [2.45, 2.75) is 19.5 Å². The van der Waals surface area contributed by atoms with Crippen molar-refractivity contribution in [1.29, 1.82) is 5.26 Å². The summed E-state index contributed by atoms with van der Waals surface area (Å²) in [5, 5.41) is 9.07. The average Bonchev–Trinajstić information content (AvgIpc) is 3.12. The van der Waals surface area contributed by atoms with E-state index in [4.69, 9.17) is 16.9 Å². The molecule has 0 fully saturated rings. The number of imidazole rings is 2. The summed E-state index contributed by atoms with van der Waals surface area (Å²) < 4.78 is 4.16. The van der Waals surface area contributed by atoms with E-state index >= 15 is 0 Å². The molecule has 0 N–H and O–H groups in total. The third kappa shape index (κ3) is 2.76. The van der Waals surface area contributed by atoms with E-state index in [9.17, 15) is 0 Å². The maximum Gasteiger partial charge on any atom is 0.111 e. The van der Waals surface area contributed by atoms with Gasteiger partial charge < -0.3 is 9.13 Å². The predicted octanol–water partition coefficient (Wildman–Crippen LogP) is 2.59. The molecule has 0 bridgehead atoms. The van der Waals surface area contributed by atoms with Gasteiger partial charge in [-0.2, -0.15) is 5.26 Å². The highest BCUT2D eigenvalue weighted by Gasteiger charge is 2.11. The first-order valence-electron chi connectivity index (χ1n) is 6.73. The topological polar surface area (TPSA) is 59.4 Å². The molecular weight excluding hydrogens is 286 g/mol. The van der Waals surface area contributed by atoms with E-state index < -0.39 is 0 Å². The number of benzene rings is 1. The minimum atomic E-state index is 0.527. The summed E-state index contributed by atoms with van der Waals surface area (Å²) in [6.45, 7) is 1.57. The van der Waals surface area contributed by atoms with Crippen molar-refractivity contribution in [2.75, 3.05) is 5.88 Å². The van der Waals surface area contributed by atoms with E-state index in [1.54, 1.807) is 18.6 Å². The number of alkyl halides is 1. The van der Waals surface area contributed by atoms with Crippen molar-refractivity contribution in [3.63, 3.8) is 0 Å². The van der Waals surface area contributed by atoms with Crippen molar-refractivity contribution in [3.05, 3.63) is 48.3 Å². The van der Waals surface area contributed by atoms with Crippen LogP contribution >= 0.6 is 11.6 Å². The lowest BCUT2D eigenvalue weighted by atomic mass is 10.2. The maximum absolute atomic E-state index is 9.07. The summed E-state index contributed by atoms with van der Waals surface area (Å²) in [6, 6.07) is 7.74. The van der Waals surface area contributed by atoms with Gasteiger partial charge in [0.15, 0.2) is 0 Å². The number of nitriles is 1. The number of aryl methyl sites for hydroxylation is 3. The third-order valence-corrected chi connectivity index (χ3v) is 3.60. The summed E-state index contributed by atoms with van der Waals surface area (Å²) >= 11 is 5.87. The Kier molecular flexibility index (Phi) is 3.89. The van der Waals surface area contributed by atoms with Crippen LogP contribution in [0.3, 0.4) is 0 Å². The number of nitrogens with zero attached hydrogens (tertiary/aromatic N) is 5. The van der Waals surface area contributed by atoms with Crippen LogP contribution in [-0.2, 0) is 19.5 Å². The Morgan fingerprint density at radius 1 is 1.29 bits per heavy atom. The van der Waals surface area contributed by atoms with Crippen LogP contribution in [0.1, 0.15) is 11.4 Å². The third-order valence-electron chi connectivity index (χ3n) is 3.42. The molecule has 0 aliphatic heterocycles.